The van der Waals surface area contributed by atoms with Gasteiger partial charge in [-0.05, 0) is 25.1 Å². The lowest BCUT2D eigenvalue weighted by Crippen LogP contribution is -2.30. The van der Waals surface area contributed by atoms with E-state index in [1.807, 2.05) is 0 Å². The third-order valence-electron chi connectivity index (χ3n) is 2.93. The highest BCUT2D eigenvalue weighted by atomic mass is 32.2. The number of halogens is 2. The lowest BCUT2D eigenvalue weighted by Gasteiger charge is -2.13. The summed E-state index contributed by atoms with van der Waals surface area (Å²) in [6.07, 6.45) is -1.34. The average molecular weight is 390 g/mol. The lowest BCUT2D eigenvalue weighted by molar-refractivity contribution is -0.123. The van der Waals surface area contributed by atoms with E-state index in [0.29, 0.717) is 0 Å². The van der Waals surface area contributed by atoms with Crippen molar-refractivity contribution in [3.63, 3.8) is 0 Å². The molecule has 2 rings (SSSR count). The molecule has 0 aliphatic rings. The fourth-order valence-electron chi connectivity index (χ4n) is 1.68. The number of primary sulfonamides is 1. The van der Waals surface area contributed by atoms with Gasteiger partial charge in [0.1, 0.15) is 15.8 Å². The molecule has 7 nitrogen and oxygen atoms in total. The number of thiophene rings is 1. The topological polar surface area (TPSA) is 116 Å². The van der Waals surface area contributed by atoms with Crippen molar-refractivity contribution >= 4 is 38.9 Å². The third kappa shape index (κ3) is 4.81. The predicted octanol–water partition coefficient (Wildman–Crippen LogP) is 1.86. The van der Waals surface area contributed by atoms with Gasteiger partial charge in [-0.25, -0.2) is 27.1 Å². The second kappa shape index (κ2) is 7.25. The van der Waals surface area contributed by atoms with Gasteiger partial charge in [0, 0.05) is 11.4 Å². The molecule has 2 aromatic rings. The van der Waals surface area contributed by atoms with Crippen LogP contribution < -0.4 is 10.5 Å². The smallest absolute Gasteiger partial charge is 0.339 e. The van der Waals surface area contributed by atoms with Crippen LogP contribution in [0.25, 0.3) is 0 Å². The molecule has 0 bridgehead atoms. The van der Waals surface area contributed by atoms with Crippen LogP contribution in [-0.2, 0) is 19.6 Å². The number of carbonyl (C=O) groups excluding carboxylic acids is 2. The molecule has 25 heavy (non-hydrogen) atoms. The summed E-state index contributed by atoms with van der Waals surface area (Å²) in [7, 11) is -3.96. The Morgan fingerprint density at radius 1 is 1.28 bits per heavy atom. The molecule has 0 aliphatic carbocycles. The fraction of sp³-hybridized carbons (Fsp3) is 0.143. The maximum absolute atomic E-state index is 13.5. The van der Waals surface area contributed by atoms with Crippen LogP contribution in [0.1, 0.15) is 17.3 Å². The van der Waals surface area contributed by atoms with Gasteiger partial charge in [-0.15, -0.1) is 11.3 Å². The molecular weight excluding hydrogens is 378 g/mol. The number of nitrogens with two attached hydrogens (primary N) is 1. The summed E-state index contributed by atoms with van der Waals surface area (Å²) < 4.78 is 53.5. The van der Waals surface area contributed by atoms with Crippen molar-refractivity contribution in [2.75, 3.05) is 5.32 Å². The normalized spacial score (nSPS) is 12.5. The van der Waals surface area contributed by atoms with E-state index < -0.39 is 45.3 Å². The largest absolute Gasteiger partial charge is 0.449 e. The molecule has 1 heterocycles. The molecule has 0 aliphatic heterocycles. The highest BCUT2D eigenvalue weighted by Gasteiger charge is 2.22. The Hall–Kier alpha value is -2.37. The van der Waals surface area contributed by atoms with Gasteiger partial charge in [-0.2, -0.15) is 0 Å². The molecule has 3 N–H and O–H groups in total. The SMILES string of the molecule is CC(OC(=O)c1csc(S(N)(=O)=O)c1)C(=O)Nc1cc(F)ccc1F. The molecule has 1 aromatic heterocycles. The number of ether oxygens (including phenoxy) is 1. The Morgan fingerprint density at radius 2 is 1.96 bits per heavy atom. The second-order valence-electron chi connectivity index (χ2n) is 4.86. The summed E-state index contributed by atoms with van der Waals surface area (Å²) >= 11 is 0.721. The Balaban J connectivity index is 2.04. The van der Waals surface area contributed by atoms with Gasteiger partial charge in [0.15, 0.2) is 6.10 Å². The molecular formula is C14H12F2N2O5S2. The van der Waals surface area contributed by atoms with Gasteiger partial charge in [0.2, 0.25) is 10.0 Å². The van der Waals surface area contributed by atoms with Crippen molar-refractivity contribution in [1.82, 2.24) is 0 Å². The minimum atomic E-state index is -3.96. The molecule has 0 spiro atoms. The quantitative estimate of drug-likeness (QED) is 0.756. The van der Waals surface area contributed by atoms with Crippen LogP contribution in [-0.4, -0.2) is 26.4 Å². The first kappa shape index (κ1) is 19.0. The summed E-state index contributed by atoms with van der Waals surface area (Å²) in [6.45, 7) is 1.22. The lowest BCUT2D eigenvalue weighted by atomic mass is 10.2. The van der Waals surface area contributed by atoms with Gasteiger partial charge in [-0.3, -0.25) is 4.79 Å². The molecule has 0 saturated carbocycles. The van der Waals surface area contributed by atoms with Gasteiger partial charge in [-0.1, -0.05) is 0 Å². The van der Waals surface area contributed by atoms with Gasteiger partial charge >= 0.3 is 5.97 Å². The average Bonchev–Trinajstić information content (AvgIpc) is 3.01. The maximum atomic E-state index is 13.5. The monoisotopic (exact) mass is 390 g/mol. The molecule has 11 heteroatoms. The van der Waals surface area contributed by atoms with Crippen LogP contribution in [0, 0.1) is 11.6 Å². The molecule has 134 valence electrons. The number of carbonyl (C=O) groups is 2. The standard InChI is InChI=1S/C14H12F2N2O5S2/c1-7(13(19)18-11-5-9(15)2-3-10(11)16)23-14(20)8-4-12(24-6-8)25(17,21)22/h2-7H,1H3,(H,18,19)(H2,17,21,22). The van der Waals surface area contributed by atoms with E-state index >= 15 is 0 Å². The Bertz CT molecular complexity index is 927. The number of benzene rings is 1. The first-order valence-corrected chi connectivity index (χ1v) is 9.09. The van der Waals surface area contributed by atoms with E-state index in [0.717, 1.165) is 35.6 Å². The fourth-order valence-corrected chi connectivity index (χ4v) is 3.26. The summed E-state index contributed by atoms with van der Waals surface area (Å²) in [4.78, 5) is 23.8. The second-order valence-corrected chi connectivity index (χ2v) is 7.56. The van der Waals surface area contributed by atoms with Crippen molar-refractivity contribution in [3.8, 4) is 0 Å². The van der Waals surface area contributed by atoms with E-state index in [1.165, 1.54) is 12.3 Å². The van der Waals surface area contributed by atoms with Crippen LogP contribution in [0.5, 0.6) is 0 Å². The zero-order valence-corrected chi connectivity index (χ0v) is 14.3. The van der Waals surface area contributed by atoms with Crippen molar-refractivity contribution in [2.24, 2.45) is 5.14 Å². The Kier molecular flexibility index (Phi) is 5.50. The Labute approximate surface area is 145 Å². The van der Waals surface area contributed by atoms with Crippen molar-refractivity contribution in [3.05, 3.63) is 46.8 Å². The van der Waals surface area contributed by atoms with E-state index in [9.17, 15) is 26.8 Å². The van der Waals surface area contributed by atoms with Crippen LogP contribution in [0.4, 0.5) is 14.5 Å². The van der Waals surface area contributed by atoms with E-state index in [4.69, 9.17) is 9.88 Å². The number of anilines is 1. The van der Waals surface area contributed by atoms with Gasteiger partial charge < -0.3 is 10.1 Å². The summed E-state index contributed by atoms with van der Waals surface area (Å²) in [5.74, 6) is -3.47. The van der Waals surface area contributed by atoms with Crippen molar-refractivity contribution in [2.45, 2.75) is 17.2 Å². The van der Waals surface area contributed by atoms with Crippen LogP contribution in [0.15, 0.2) is 33.9 Å². The maximum Gasteiger partial charge on any atom is 0.339 e. The third-order valence-corrected chi connectivity index (χ3v) is 5.32. The molecule has 1 atom stereocenters. The minimum absolute atomic E-state index is 0.106. The zero-order valence-electron chi connectivity index (χ0n) is 12.7. The number of amides is 1. The number of hydrogen-bond acceptors (Lipinski definition) is 6. The predicted molar refractivity (Wildman–Crippen MR) is 85.6 cm³/mol. The minimum Gasteiger partial charge on any atom is -0.449 e. The number of esters is 1. The number of nitrogens with one attached hydrogen (secondary N) is 1. The molecule has 1 unspecified atom stereocenters. The number of sulfonamides is 1. The van der Waals surface area contributed by atoms with Crippen molar-refractivity contribution < 1.29 is 31.5 Å². The summed E-state index contributed by atoms with van der Waals surface area (Å²) in [6, 6.07) is 3.51. The van der Waals surface area contributed by atoms with Crippen LogP contribution >= 0.6 is 11.3 Å². The van der Waals surface area contributed by atoms with E-state index in [2.05, 4.69) is 5.32 Å². The van der Waals surface area contributed by atoms with Gasteiger partial charge in [0.25, 0.3) is 5.91 Å². The van der Waals surface area contributed by atoms with E-state index in [1.54, 1.807) is 0 Å². The molecule has 0 saturated heterocycles. The van der Waals surface area contributed by atoms with E-state index in [-0.39, 0.29) is 9.77 Å². The zero-order chi connectivity index (χ0) is 18.8. The summed E-state index contributed by atoms with van der Waals surface area (Å²) in [5, 5.41) is 8.23. The highest BCUT2D eigenvalue weighted by molar-refractivity contribution is 7.91. The van der Waals surface area contributed by atoms with Crippen molar-refractivity contribution in [1.29, 1.82) is 0 Å². The Morgan fingerprint density at radius 3 is 2.56 bits per heavy atom. The van der Waals surface area contributed by atoms with Crippen LogP contribution in [0.2, 0.25) is 0 Å². The molecule has 1 aromatic carbocycles. The summed E-state index contributed by atoms with van der Waals surface area (Å²) in [5.41, 5.74) is -0.509. The number of rotatable bonds is 5. The molecule has 0 radical (unpaired) electrons. The number of hydrogen-bond donors (Lipinski definition) is 2. The molecule has 0 fully saturated rings. The van der Waals surface area contributed by atoms with Crippen LogP contribution in [0.3, 0.4) is 0 Å². The first-order valence-electron chi connectivity index (χ1n) is 6.66. The molecule has 1 amide bonds. The van der Waals surface area contributed by atoms with Gasteiger partial charge in [0.05, 0.1) is 11.3 Å². The first-order chi connectivity index (χ1) is 11.6. The highest BCUT2D eigenvalue weighted by Crippen LogP contribution is 2.20.